The Hall–Kier alpha value is -2.27. The van der Waals surface area contributed by atoms with Crippen LogP contribution in [0.1, 0.15) is 12.8 Å². The Morgan fingerprint density at radius 2 is 2.06 bits per heavy atom. The second-order valence-corrected chi connectivity index (χ2v) is 11.6. The van der Waals surface area contributed by atoms with E-state index < -0.39 is 21.8 Å². The zero-order chi connectivity index (χ0) is 23.6. The number of benzene rings is 2. The minimum atomic E-state index is -3.81. The van der Waals surface area contributed by atoms with Crippen molar-refractivity contribution in [1.82, 2.24) is 8.87 Å². The van der Waals surface area contributed by atoms with Crippen molar-refractivity contribution in [1.29, 1.82) is 0 Å². The van der Waals surface area contributed by atoms with E-state index in [4.69, 9.17) is 0 Å². The molecule has 3 aromatic rings. The van der Waals surface area contributed by atoms with Gasteiger partial charge in [0.25, 0.3) is 5.91 Å². The molecule has 0 radical (unpaired) electrons. The fourth-order valence-electron chi connectivity index (χ4n) is 3.87. The molecular formula is C23H24FN3O3S3. The number of amides is 1. The number of allylic oxidation sites excluding steroid dienone is 1. The smallest absolute Gasteiger partial charge is 0.252 e. The van der Waals surface area contributed by atoms with Crippen molar-refractivity contribution in [2.24, 2.45) is 10.9 Å². The molecule has 0 spiro atoms. The lowest BCUT2D eigenvalue weighted by Crippen LogP contribution is -2.42. The van der Waals surface area contributed by atoms with Gasteiger partial charge in [-0.2, -0.15) is 9.30 Å². The molecule has 6 nitrogen and oxygen atoms in total. The van der Waals surface area contributed by atoms with Crippen LogP contribution < -0.4 is 4.80 Å². The number of thiazole rings is 1. The van der Waals surface area contributed by atoms with Gasteiger partial charge >= 0.3 is 0 Å². The van der Waals surface area contributed by atoms with Gasteiger partial charge in [0.1, 0.15) is 5.82 Å². The standard InChI is InChI=1S/C23H24FN3O3S3/c1-3-12-27-20-11-8-18(31-2)14-21(20)32-23(27)25-22(28)16-5-4-13-26(15-16)33(29,30)19-9-6-17(24)7-10-19/h3,6-11,14,16H,1,4-5,12-13,15H2,2H3. The average Bonchev–Trinajstić information content (AvgIpc) is 3.15. The maximum atomic E-state index is 13.2. The molecule has 1 atom stereocenters. The second kappa shape index (κ2) is 9.92. The van der Waals surface area contributed by atoms with E-state index in [1.165, 1.54) is 27.8 Å². The Bertz CT molecular complexity index is 1360. The Kier molecular flexibility index (Phi) is 7.18. The highest BCUT2D eigenvalue weighted by atomic mass is 32.2. The number of rotatable bonds is 6. The summed E-state index contributed by atoms with van der Waals surface area (Å²) in [5.41, 5.74) is 0.980. The third-order valence-corrected chi connectivity index (χ3v) is 9.24. The summed E-state index contributed by atoms with van der Waals surface area (Å²) in [6, 6.07) is 10.9. The van der Waals surface area contributed by atoms with Crippen LogP contribution in [0, 0.1) is 11.7 Å². The Morgan fingerprint density at radius 3 is 2.76 bits per heavy atom. The molecule has 0 bridgehead atoms. The van der Waals surface area contributed by atoms with Crippen LogP contribution in [0.3, 0.4) is 0 Å². The summed E-state index contributed by atoms with van der Waals surface area (Å²) in [6.45, 7) is 4.71. The summed E-state index contributed by atoms with van der Waals surface area (Å²) >= 11 is 3.08. The molecule has 1 amide bonds. The van der Waals surface area contributed by atoms with Crippen molar-refractivity contribution in [2.45, 2.75) is 29.2 Å². The quantitative estimate of drug-likeness (QED) is 0.370. The average molecular weight is 506 g/mol. The molecule has 1 aliphatic rings. The van der Waals surface area contributed by atoms with Gasteiger partial charge in [-0.25, -0.2) is 12.8 Å². The molecule has 174 valence electrons. The Morgan fingerprint density at radius 1 is 1.30 bits per heavy atom. The number of carbonyl (C=O) groups is 1. The highest BCUT2D eigenvalue weighted by Crippen LogP contribution is 2.26. The van der Waals surface area contributed by atoms with Crippen molar-refractivity contribution in [2.75, 3.05) is 19.3 Å². The highest BCUT2D eigenvalue weighted by Gasteiger charge is 2.33. The molecule has 1 saturated heterocycles. The van der Waals surface area contributed by atoms with Gasteiger partial charge in [0.05, 0.1) is 21.0 Å². The largest absolute Gasteiger partial charge is 0.313 e. The summed E-state index contributed by atoms with van der Waals surface area (Å²) in [5, 5.41) is 0. The molecule has 1 aromatic heterocycles. The van der Waals surface area contributed by atoms with Gasteiger partial charge < -0.3 is 4.57 Å². The number of carbonyl (C=O) groups excluding carboxylic acids is 1. The van der Waals surface area contributed by atoms with Crippen molar-refractivity contribution in [3.63, 3.8) is 0 Å². The lowest BCUT2D eigenvalue weighted by atomic mass is 9.99. The minimum absolute atomic E-state index is 0.0202. The van der Waals surface area contributed by atoms with Crippen LogP contribution in [0.25, 0.3) is 10.2 Å². The predicted octanol–water partition coefficient (Wildman–Crippen LogP) is 4.28. The van der Waals surface area contributed by atoms with E-state index in [9.17, 15) is 17.6 Å². The van der Waals surface area contributed by atoms with Crippen molar-refractivity contribution in [3.05, 3.63) is 65.7 Å². The first-order valence-electron chi connectivity index (χ1n) is 10.5. The minimum Gasteiger partial charge on any atom is -0.313 e. The van der Waals surface area contributed by atoms with Crippen LogP contribution in [0.5, 0.6) is 0 Å². The number of hydrogen-bond donors (Lipinski definition) is 0. The predicted molar refractivity (Wildman–Crippen MR) is 130 cm³/mol. The summed E-state index contributed by atoms with van der Waals surface area (Å²) in [4.78, 5) is 19.2. The van der Waals surface area contributed by atoms with Crippen LogP contribution >= 0.6 is 23.1 Å². The number of hydrogen-bond acceptors (Lipinski definition) is 5. The van der Waals surface area contributed by atoms with Gasteiger partial charge in [-0.05, 0) is 61.6 Å². The molecule has 4 rings (SSSR count). The molecule has 0 aliphatic carbocycles. The second-order valence-electron chi connectivity index (χ2n) is 7.72. The van der Waals surface area contributed by atoms with Gasteiger partial charge in [0, 0.05) is 24.5 Å². The van der Waals surface area contributed by atoms with E-state index in [-0.39, 0.29) is 17.3 Å². The molecule has 2 heterocycles. The third kappa shape index (κ3) is 4.98. The van der Waals surface area contributed by atoms with Crippen LogP contribution in [0.2, 0.25) is 0 Å². The molecule has 1 aliphatic heterocycles. The lowest BCUT2D eigenvalue weighted by molar-refractivity contribution is -0.122. The van der Waals surface area contributed by atoms with Gasteiger partial charge in [0.2, 0.25) is 10.0 Å². The van der Waals surface area contributed by atoms with E-state index in [1.54, 1.807) is 17.8 Å². The van der Waals surface area contributed by atoms with Crippen LogP contribution in [-0.4, -0.2) is 42.5 Å². The highest BCUT2D eigenvalue weighted by molar-refractivity contribution is 7.98. The number of aromatic nitrogens is 1. The lowest BCUT2D eigenvalue weighted by Gasteiger charge is -2.30. The number of halogens is 1. The third-order valence-electron chi connectivity index (χ3n) is 5.59. The SMILES string of the molecule is C=CCn1c(=NC(=O)C2CCCN(S(=O)(=O)c3ccc(F)cc3)C2)sc2cc(SC)ccc21. The fraction of sp³-hybridized carbons (Fsp3) is 0.304. The molecule has 0 saturated carbocycles. The summed E-state index contributed by atoms with van der Waals surface area (Å²) in [5.74, 6) is -1.36. The van der Waals surface area contributed by atoms with Gasteiger partial charge in [-0.1, -0.05) is 17.4 Å². The number of fused-ring (bicyclic) bond motifs is 1. The van der Waals surface area contributed by atoms with Gasteiger partial charge in [0.15, 0.2) is 4.80 Å². The zero-order valence-corrected chi connectivity index (χ0v) is 20.6. The molecule has 1 fully saturated rings. The maximum absolute atomic E-state index is 13.2. The first kappa shape index (κ1) is 23.9. The number of thioether (sulfide) groups is 1. The number of sulfonamides is 1. The van der Waals surface area contributed by atoms with Crippen LogP contribution in [0.4, 0.5) is 4.39 Å². The normalized spacial score (nSPS) is 18.0. The van der Waals surface area contributed by atoms with Gasteiger partial charge in [-0.3, -0.25) is 4.79 Å². The molecule has 33 heavy (non-hydrogen) atoms. The van der Waals surface area contributed by atoms with Crippen molar-refractivity contribution < 1.29 is 17.6 Å². The monoisotopic (exact) mass is 505 g/mol. The first-order chi connectivity index (χ1) is 15.8. The van der Waals surface area contributed by atoms with E-state index in [0.717, 1.165) is 27.2 Å². The van der Waals surface area contributed by atoms with Gasteiger partial charge in [-0.15, -0.1) is 18.3 Å². The molecule has 1 unspecified atom stereocenters. The fourth-order valence-corrected chi connectivity index (χ4v) is 7.00. The van der Waals surface area contributed by atoms with Crippen LogP contribution in [0.15, 0.2) is 69.9 Å². The zero-order valence-electron chi connectivity index (χ0n) is 18.1. The van der Waals surface area contributed by atoms with Crippen LogP contribution in [-0.2, 0) is 21.4 Å². The summed E-state index contributed by atoms with van der Waals surface area (Å²) in [6.07, 6.45) is 4.90. The Labute approximate surface area is 200 Å². The topological polar surface area (TPSA) is 71.7 Å². The van der Waals surface area contributed by atoms with Crippen molar-refractivity contribution >= 4 is 49.2 Å². The Balaban J connectivity index is 1.63. The molecule has 0 N–H and O–H groups in total. The van der Waals surface area contributed by atoms with Crippen molar-refractivity contribution in [3.8, 4) is 0 Å². The van der Waals surface area contributed by atoms with E-state index in [1.807, 2.05) is 23.0 Å². The molecule has 2 aromatic carbocycles. The van der Waals surface area contributed by atoms with E-state index in [2.05, 4.69) is 17.6 Å². The molecule has 10 heteroatoms. The first-order valence-corrected chi connectivity index (χ1v) is 13.9. The summed E-state index contributed by atoms with van der Waals surface area (Å²) < 4.78 is 43.5. The van der Waals surface area contributed by atoms with E-state index >= 15 is 0 Å². The molecular weight excluding hydrogens is 481 g/mol. The van der Waals surface area contributed by atoms with E-state index in [0.29, 0.717) is 30.7 Å². The maximum Gasteiger partial charge on any atom is 0.252 e. The summed E-state index contributed by atoms with van der Waals surface area (Å²) in [7, 11) is -3.81. The number of nitrogens with zero attached hydrogens (tertiary/aromatic N) is 3. The number of piperidine rings is 1.